The molecule has 13 heavy (non-hydrogen) atoms. The predicted octanol–water partition coefficient (Wildman–Crippen LogP) is 0.860. The fourth-order valence-electron chi connectivity index (χ4n) is 4.19. The smallest absolute Gasteiger partial charge is 0.0462 e. The molecule has 0 aromatic heterocycles. The number of aliphatic hydroxyl groups is 1. The molecule has 0 spiro atoms. The predicted molar refractivity (Wildman–Crippen MR) is 51.3 cm³/mol. The topological polar surface area (TPSA) is 32.3 Å². The quantitative estimate of drug-likeness (QED) is 0.629. The molecule has 2 heteroatoms. The van der Waals surface area contributed by atoms with Crippen molar-refractivity contribution in [3.8, 4) is 0 Å². The van der Waals surface area contributed by atoms with Gasteiger partial charge in [0.05, 0.1) is 0 Å². The van der Waals surface area contributed by atoms with Crippen LogP contribution in [-0.2, 0) is 0 Å². The van der Waals surface area contributed by atoms with Crippen LogP contribution in [0.25, 0.3) is 0 Å². The van der Waals surface area contributed by atoms with E-state index in [1.54, 1.807) is 0 Å². The van der Waals surface area contributed by atoms with Crippen LogP contribution >= 0.6 is 0 Å². The van der Waals surface area contributed by atoms with Gasteiger partial charge in [-0.25, -0.2) is 0 Å². The largest absolute Gasteiger partial charge is 0.396 e. The van der Waals surface area contributed by atoms with E-state index in [0.29, 0.717) is 12.5 Å². The first-order valence-electron chi connectivity index (χ1n) is 5.71. The summed E-state index contributed by atoms with van der Waals surface area (Å²) >= 11 is 0. The molecule has 74 valence electrons. The number of hydrogen-bond donors (Lipinski definition) is 2. The minimum atomic E-state index is 0.435. The standard InChI is InChI=1S/C11H19NO/c13-6-8-3-7-1-2-9(8)11-5-12-4-10(7)11/h7-13H,1-6H2. The van der Waals surface area contributed by atoms with E-state index in [-0.39, 0.29) is 0 Å². The number of aliphatic hydroxyl groups excluding tert-OH is 1. The molecule has 4 fully saturated rings. The highest BCUT2D eigenvalue weighted by Crippen LogP contribution is 2.52. The van der Waals surface area contributed by atoms with Gasteiger partial charge in [-0.2, -0.15) is 0 Å². The fourth-order valence-corrected chi connectivity index (χ4v) is 4.19. The van der Waals surface area contributed by atoms with E-state index < -0.39 is 0 Å². The van der Waals surface area contributed by atoms with Crippen LogP contribution in [0.5, 0.6) is 0 Å². The van der Waals surface area contributed by atoms with E-state index in [2.05, 4.69) is 5.32 Å². The summed E-state index contributed by atoms with van der Waals surface area (Å²) in [5.41, 5.74) is 0. The van der Waals surface area contributed by atoms with Crippen molar-refractivity contribution >= 4 is 0 Å². The Labute approximate surface area is 79.7 Å². The van der Waals surface area contributed by atoms with E-state index in [9.17, 15) is 5.11 Å². The molecule has 3 saturated carbocycles. The number of rotatable bonds is 1. The summed E-state index contributed by atoms with van der Waals surface area (Å²) in [6, 6.07) is 0. The van der Waals surface area contributed by atoms with Crippen molar-refractivity contribution in [3.05, 3.63) is 0 Å². The van der Waals surface area contributed by atoms with Crippen LogP contribution in [0.2, 0.25) is 0 Å². The third-order valence-electron chi connectivity index (χ3n) is 4.78. The number of hydrogen-bond acceptors (Lipinski definition) is 2. The van der Waals surface area contributed by atoms with Crippen LogP contribution in [0.4, 0.5) is 0 Å². The Morgan fingerprint density at radius 2 is 1.92 bits per heavy atom. The molecule has 4 aliphatic rings. The van der Waals surface area contributed by atoms with Crippen molar-refractivity contribution in [3.63, 3.8) is 0 Å². The molecule has 2 bridgehead atoms. The Balaban J connectivity index is 1.85. The second-order valence-corrected chi connectivity index (χ2v) is 5.17. The molecular formula is C11H19NO. The second kappa shape index (κ2) is 2.96. The summed E-state index contributed by atoms with van der Waals surface area (Å²) in [5.74, 6) is 4.28. The summed E-state index contributed by atoms with van der Waals surface area (Å²) in [4.78, 5) is 0. The van der Waals surface area contributed by atoms with Crippen molar-refractivity contribution < 1.29 is 5.11 Å². The number of fused-ring (bicyclic) bond motifs is 2. The summed E-state index contributed by atoms with van der Waals surface area (Å²) in [6.45, 7) is 2.91. The molecule has 1 saturated heterocycles. The lowest BCUT2D eigenvalue weighted by Crippen LogP contribution is -2.45. The maximum atomic E-state index is 9.31. The van der Waals surface area contributed by atoms with Gasteiger partial charge in [0, 0.05) is 6.61 Å². The van der Waals surface area contributed by atoms with Crippen molar-refractivity contribution in [2.75, 3.05) is 19.7 Å². The van der Waals surface area contributed by atoms with Crippen LogP contribution in [0.1, 0.15) is 19.3 Å². The van der Waals surface area contributed by atoms with E-state index in [0.717, 1.165) is 23.7 Å². The Morgan fingerprint density at radius 3 is 2.77 bits per heavy atom. The van der Waals surface area contributed by atoms with E-state index in [1.807, 2.05) is 0 Å². The van der Waals surface area contributed by atoms with Gasteiger partial charge in [-0.15, -0.1) is 0 Å². The van der Waals surface area contributed by atoms with Crippen molar-refractivity contribution in [1.82, 2.24) is 5.32 Å². The van der Waals surface area contributed by atoms with Gasteiger partial charge >= 0.3 is 0 Å². The molecule has 4 rings (SSSR count). The zero-order chi connectivity index (χ0) is 8.84. The third kappa shape index (κ3) is 1.08. The van der Waals surface area contributed by atoms with Crippen LogP contribution in [0.15, 0.2) is 0 Å². The first kappa shape index (κ1) is 8.25. The Kier molecular flexibility index (Phi) is 1.88. The maximum absolute atomic E-state index is 9.31. The SMILES string of the molecule is OCC1CC2CCC1C1CNCC21. The van der Waals surface area contributed by atoms with Crippen LogP contribution in [0.3, 0.4) is 0 Å². The molecule has 1 heterocycles. The minimum Gasteiger partial charge on any atom is -0.396 e. The number of nitrogens with one attached hydrogen (secondary N) is 1. The zero-order valence-electron chi connectivity index (χ0n) is 8.08. The van der Waals surface area contributed by atoms with Crippen molar-refractivity contribution in [1.29, 1.82) is 0 Å². The lowest BCUT2D eigenvalue weighted by Gasteiger charge is -2.49. The lowest BCUT2D eigenvalue weighted by molar-refractivity contribution is -0.0205. The summed E-state index contributed by atoms with van der Waals surface area (Å²) in [5, 5.41) is 12.8. The van der Waals surface area contributed by atoms with Gasteiger partial charge < -0.3 is 10.4 Å². The zero-order valence-corrected chi connectivity index (χ0v) is 8.08. The van der Waals surface area contributed by atoms with Crippen LogP contribution < -0.4 is 5.32 Å². The van der Waals surface area contributed by atoms with Crippen molar-refractivity contribution in [2.45, 2.75) is 19.3 Å². The molecule has 3 aliphatic carbocycles. The first-order chi connectivity index (χ1) is 6.40. The molecule has 5 unspecified atom stereocenters. The average molecular weight is 181 g/mol. The summed E-state index contributed by atoms with van der Waals surface area (Å²) < 4.78 is 0. The van der Waals surface area contributed by atoms with Gasteiger partial charge in [0.1, 0.15) is 0 Å². The van der Waals surface area contributed by atoms with Crippen LogP contribution in [-0.4, -0.2) is 24.8 Å². The van der Waals surface area contributed by atoms with E-state index in [4.69, 9.17) is 0 Å². The summed E-state index contributed by atoms with van der Waals surface area (Å²) in [6.07, 6.45) is 4.13. The Morgan fingerprint density at radius 1 is 1.08 bits per heavy atom. The van der Waals surface area contributed by atoms with Gasteiger partial charge in [-0.1, -0.05) is 0 Å². The molecule has 2 nitrogen and oxygen atoms in total. The maximum Gasteiger partial charge on any atom is 0.0462 e. The highest BCUT2D eigenvalue weighted by Gasteiger charge is 2.49. The van der Waals surface area contributed by atoms with Gasteiger partial charge in [-0.05, 0) is 61.9 Å². The molecule has 5 atom stereocenters. The lowest BCUT2D eigenvalue weighted by atomic mass is 9.56. The van der Waals surface area contributed by atoms with Gasteiger partial charge in [-0.3, -0.25) is 0 Å². The van der Waals surface area contributed by atoms with Gasteiger partial charge in [0.15, 0.2) is 0 Å². The Bertz CT molecular complexity index is 206. The second-order valence-electron chi connectivity index (χ2n) is 5.17. The normalized spacial score (nSPS) is 53.8. The molecule has 0 aromatic rings. The third-order valence-corrected chi connectivity index (χ3v) is 4.78. The highest BCUT2D eigenvalue weighted by molar-refractivity contribution is 5.00. The molecule has 2 N–H and O–H groups in total. The molecular weight excluding hydrogens is 162 g/mol. The minimum absolute atomic E-state index is 0.435. The Hall–Kier alpha value is -0.0800. The van der Waals surface area contributed by atoms with Gasteiger partial charge in [0.2, 0.25) is 0 Å². The van der Waals surface area contributed by atoms with E-state index in [1.165, 1.54) is 32.4 Å². The van der Waals surface area contributed by atoms with E-state index >= 15 is 0 Å². The van der Waals surface area contributed by atoms with Crippen molar-refractivity contribution in [2.24, 2.45) is 29.6 Å². The van der Waals surface area contributed by atoms with Gasteiger partial charge in [0.25, 0.3) is 0 Å². The molecule has 0 radical (unpaired) electrons. The highest BCUT2D eigenvalue weighted by atomic mass is 16.3. The molecule has 0 aromatic carbocycles. The fraction of sp³-hybridized carbons (Fsp3) is 1.00. The van der Waals surface area contributed by atoms with Crippen LogP contribution in [0, 0.1) is 29.6 Å². The first-order valence-corrected chi connectivity index (χ1v) is 5.71. The molecule has 0 amide bonds. The molecule has 1 aliphatic heterocycles. The average Bonchev–Trinajstić information content (AvgIpc) is 2.68. The summed E-state index contributed by atoms with van der Waals surface area (Å²) in [7, 11) is 0. The monoisotopic (exact) mass is 181 g/mol.